The number of hydrogen-bond acceptors (Lipinski definition) is 6. The molecule has 0 saturated carbocycles. The molecular formula is C21H15ClN2O4S2. The molecule has 2 aromatic carbocycles. The van der Waals surface area contributed by atoms with Crippen LogP contribution in [0.2, 0.25) is 5.02 Å². The van der Waals surface area contributed by atoms with Gasteiger partial charge in [0.1, 0.15) is 6.61 Å². The van der Waals surface area contributed by atoms with Crippen LogP contribution in [0.4, 0.5) is 0 Å². The van der Waals surface area contributed by atoms with Crippen molar-refractivity contribution in [3.63, 3.8) is 0 Å². The van der Waals surface area contributed by atoms with E-state index in [1.54, 1.807) is 48.5 Å². The fourth-order valence-corrected chi connectivity index (χ4v) is 3.80. The fourth-order valence-electron chi connectivity index (χ4n) is 2.50. The third-order valence-electron chi connectivity index (χ3n) is 3.91. The molecule has 1 fully saturated rings. The summed E-state index contributed by atoms with van der Waals surface area (Å²) in [7, 11) is 1.51. The second kappa shape index (κ2) is 9.67. The van der Waals surface area contributed by atoms with E-state index >= 15 is 0 Å². The predicted molar refractivity (Wildman–Crippen MR) is 121 cm³/mol. The lowest BCUT2D eigenvalue weighted by Gasteiger charge is -2.15. The van der Waals surface area contributed by atoms with Crippen molar-refractivity contribution in [1.82, 2.24) is 10.4 Å². The molecule has 0 spiro atoms. The van der Waals surface area contributed by atoms with Crippen molar-refractivity contribution < 1.29 is 19.1 Å². The number of methoxy groups -OCH3 is 1. The molecule has 2 aromatic rings. The van der Waals surface area contributed by atoms with E-state index in [1.165, 1.54) is 7.11 Å². The Labute approximate surface area is 188 Å². The van der Waals surface area contributed by atoms with Gasteiger partial charge in [-0.1, -0.05) is 35.3 Å². The summed E-state index contributed by atoms with van der Waals surface area (Å²) in [6.07, 6.45) is 6.86. The van der Waals surface area contributed by atoms with E-state index in [4.69, 9.17) is 39.7 Å². The van der Waals surface area contributed by atoms with Crippen LogP contribution in [0, 0.1) is 12.3 Å². The normalized spacial score (nSPS) is 14.6. The Hall–Kier alpha value is -2.99. The number of rotatable bonds is 6. The molecule has 2 amide bonds. The van der Waals surface area contributed by atoms with Crippen molar-refractivity contribution in [3.05, 3.63) is 63.5 Å². The lowest BCUT2D eigenvalue weighted by atomic mass is 10.2. The van der Waals surface area contributed by atoms with Crippen molar-refractivity contribution >= 4 is 57.8 Å². The Morgan fingerprint density at radius 3 is 2.70 bits per heavy atom. The van der Waals surface area contributed by atoms with E-state index < -0.39 is 11.8 Å². The molecule has 1 aliphatic rings. The average molecular weight is 459 g/mol. The van der Waals surface area contributed by atoms with Crippen LogP contribution in [-0.4, -0.2) is 34.9 Å². The second-order valence-corrected chi connectivity index (χ2v) is 7.98. The van der Waals surface area contributed by atoms with Gasteiger partial charge in [0.15, 0.2) is 15.8 Å². The van der Waals surface area contributed by atoms with Gasteiger partial charge in [0.05, 0.1) is 12.0 Å². The number of carbonyl (C=O) groups is 2. The largest absolute Gasteiger partial charge is 0.493 e. The number of thioether (sulfide) groups is 1. The minimum Gasteiger partial charge on any atom is -0.493 e. The molecular weight excluding hydrogens is 444 g/mol. The number of nitrogens with zero attached hydrogens (tertiary/aromatic N) is 1. The first-order valence-electron chi connectivity index (χ1n) is 8.51. The topological polar surface area (TPSA) is 67.9 Å². The Morgan fingerprint density at radius 1 is 1.30 bits per heavy atom. The van der Waals surface area contributed by atoms with Crippen molar-refractivity contribution in [1.29, 1.82) is 0 Å². The van der Waals surface area contributed by atoms with Crippen LogP contribution >= 0.6 is 35.6 Å². The number of benzene rings is 2. The van der Waals surface area contributed by atoms with Gasteiger partial charge >= 0.3 is 0 Å². The minimum absolute atomic E-state index is 0.113. The van der Waals surface area contributed by atoms with Gasteiger partial charge < -0.3 is 9.47 Å². The van der Waals surface area contributed by atoms with E-state index in [9.17, 15) is 9.59 Å². The van der Waals surface area contributed by atoms with Gasteiger partial charge in [0.25, 0.3) is 11.8 Å². The Bertz CT molecular complexity index is 1080. The highest BCUT2D eigenvalue weighted by Gasteiger charge is 2.33. The number of carbonyl (C=O) groups excluding carboxylic acids is 2. The molecule has 152 valence electrons. The summed E-state index contributed by atoms with van der Waals surface area (Å²) in [5.74, 6) is 2.46. The first-order valence-corrected chi connectivity index (χ1v) is 10.1. The van der Waals surface area contributed by atoms with E-state index in [-0.39, 0.29) is 10.9 Å². The molecule has 1 N–H and O–H groups in total. The highest BCUT2D eigenvalue weighted by atomic mass is 35.5. The van der Waals surface area contributed by atoms with Crippen molar-refractivity contribution in [2.75, 3.05) is 13.7 Å². The summed E-state index contributed by atoms with van der Waals surface area (Å²) >= 11 is 12.2. The molecule has 1 heterocycles. The molecule has 1 aliphatic heterocycles. The van der Waals surface area contributed by atoms with Crippen molar-refractivity contribution in [3.8, 4) is 23.8 Å². The smallest absolute Gasteiger partial charge is 0.285 e. The standard InChI is InChI=1S/C21H15ClN2O4S2/c1-3-10-28-16-9-4-13(11-17(16)27-2)12-18-20(26)24(21(29)30-18)23-19(25)14-5-7-15(22)8-6-14/h1,4-9,11-12H,10H2,2H3,(H,23,25)/b18-12-. The first kappa shape index (κ1) is 21.7. The zero-order valence-electron chi connectivity index (χ0n) is 15.7. The number of amides is 2. The van der Waals surface area contributed by atoms with Gasteiger partial charge in [-0.05, 0) is 60.3 Å². The molecule has 6 nitrogen and oxygen atoms in total. The number of halogens is 1. The van der Waals surface area contributed by atoms with Gasteiger partial charge in [0.2, 0.25) is 0 Å². The quantitative estimate of drug-likeness (QED) is 0.402. The van der Waals surface area contributed by atoms with Gasteiger partial charge in [-0.3, -0.25) is 15.0 Å². The maximum atomic E-state index is 12.7. The Balaban J connectivity index is 1.77. The lowest BCUT2D eigenvalue weighted by Crippen LogP contribution is -2.44. The maximum Gasteiger partial charge on any atom is 0.285 e. The maximum absolute atomic E-state index is 12.7. The van der Waals surface area contributed by atoms with Gasteiger partial charge in [-0.15, -0.1) is 6.42 Å². The van der Waals surface area contributed by atoms with Gasteiger partial charge in [-0.2, -0.15) is 5.01 Å². The summed E-state index contributed by atoms with van der Waals surface area (Å²) in [5, 5.41) is 1.55. The highest BCUT2D eigenvalue weighted by molar-refractivity contribution is 8.26. The lowest BCUT2D eigenvalue weighted by molar-refractivity contribution is -0.123. The van der Waals surface area contributed by atoms with E-state index in [1.807, 2.05) is 0 Å². The molecule has 0 atom stereocenters. The molecule has 9 heteroatoms. The van der Waals surface area contributed by atoms with Crippen LogP contribution in [0.5, 0.6) is 11.5 Å². The summed E-state index contributed by atoms with van der Waals surface area (Å²) in [6, 6.07) is 11.5. The zero-order valence-corrected chi connectivity index (χ0v) is 18.1. The number of hydrazine groups is 1. The molecule has 3 rings (SSSR count). The first-order chi connectivity index (χ1) is 14.4. The number of ether oxygens (including phenoxy) is 2. The fraction of sp³-hybridized carbons (Fsp3) is 0.0952. The molecule has 0 aromatic heterocycles. The van der Waals surface area contributed by atoms with Crippen LogP contribution in [0.1, 0.15) is 15.9 Å². The monoisotopic (exact) mass is 458 g/mol. The second-order valence-electron chi connectivity index (χ2n) is 5.87. The summed E-state index contributed by atoms with van der Waals surface area (Å²) < 4.78 is 10.9. The molecule has 0 aliphatic carbocycles. The Kier molecular flexibility index (Phi) is 7.00. The zero-order chi connectivity index (χ0) is 21.7. The Morgan fingerprint density at radius 2 is 2.03 bits per heavy atom. The summed E-state index contributed by atoms with van der Waals surface area (Å²) in [4.78, 5) is 25.5. The molecule has 0 bridgehead atoms. The van der Waals surface area contributed by atoms with Crippen LogP contribution in [0.3, 0.4) is 0 Å². The number of thiocarbonyl (C=S) groups is 1. The highest BCUT2D eigenvalue weighted by Crippen LogP contribution is 2.34. The molecule has 30 heavy (non-hydrogen) atoms. The third kappa shape index (κ3) is 4.94. The van der Waals surface area contributed by atoms with Crippen molar-refractivity contribution in [2.24, 2.45) is 0 Å². The summed E-state index contributed by atoms with van der Waals surface area (Å²) in [5.41, 5.74) is 3.57. The van der Waals surface area contributed by atoms with E-state index in [0.717, 1.165) is 16.8 Å². The summed E-state index contributed by atoms with van der Waals surface area (Å²) in [6.45, 7) is 0.113. The number of hydrogen-bond donors (Lipinski definition) is 1. The minimum atomic E-state index is -0.471. The molecule has 0 radical (unpaired) electrons. The molecule has 1 saturated heterocycles. The number of nitrogens with one attached hydrogen (secondary N) is 1. The SMILES string of the molecule is C#CCOc1ccc(/C=C2\SC(=S)N(NC(=O)c3ccc(Cl)cc3)C2=O)cc1OC. The third-order valence-corrected chi connectivity index (χ3v) is 5.46. The van der Waals surface area contributed by atoms with Crippen LogP contribution in [0.15, 0.2) is 47.4 Å². The van der Waals surface area contributed by atoms with Crippen LogP contribution < -0.4 is 14.9 Å². The van der Waals surface area contributed by atoms with Crippen molar-refractivity contribution in [2.45, 2.75) is 0 Å². The van der Waals surface area contributed by atoms with Crippen LogP contribution in [0.25, 0.3) is 6.08 Å². The predicted octanol–water partition coefficient (Wildman–Crippen LogP) is 3.91. The average Bonchev–Trinajstić information content (AvgIpc) is 3.00. The van der Waals surface area contributed by atoms with Crippen LogP contribution in [-0.2, 0) is 4.79 Å². The van der Waals surface area contributed by atoms with E-state index in [0.29, 0.717) is 32.6 Å². The van der Waals surface area contributed by atoms with Gasteiger partial charge in [-0.25, -0.2) is 0 Å². The van der Waals surface area contributed by atoms with E-state index in [2.05, 4.69) is 11.3 Å². The number of terminal acetylenes is 1. The molecule has 0 unspecified atom stereocenters. The van der Waals surface area contributed by atoms with Gasteiger partial charge in [0, 0.05) is 10.6 Å².